The molecule has 8 nitrogen and oxygen atoms in total. The third kappa shape index (κ3) is 4.44. The van der Waals surface area contributed by atoms with Crippen LogP contribution >= 0.6 is 0 Å². The number of hydrogen-bond donors (Lipinski definition) is 2. The number of pyridine rings is 1. The van der Waals surface area contributed by atoms with Crippen LogP contribution in [0.3, 0.4) is 0 Å². The van der Waals surface area contributed by atoms with Crippen molar-refractivity contribution in [3.05, 3.63) is 47.4 Å². The van der Waals surface area contributed by atoms with Crippen LogP contribution in [0.1, 0.15) is 54.9 Å². The number of amides is 1. The summed E-state index contributed by atoms with van der Waals surface area (Å²) in [5.41, 5.74) is 4.38. The molecule has 8 heteroatoms. The van der Waals surface area contributed by atoms with Gasteiger partial charge in [0, 0.05) is 36.5 Å². The quantitative estimate of drug-likeness (QED) is 0.610. The highest BCUT2D eigenvalue weighted by Crippen LogP contribution is 2.21. The molecule has 4 rings (SSSR count). The first-order chi connectivity index (χ1) is 13.8. The minimum Gasteiger partial charge on any atom is -0.350 e. The summed E-state index contributed by atoms with van der Waals surface area (Å²) in [6.07, 6.45) is 10.8. The largest absolute Gasteiger partial charge is 0.350 e. The van der Waals surface area contributed by atoms with Crippen LogP contribution in [-0.2, 0) is 30.6 Å². The van der Waals surface area contributed by atoms with Crippen LogP contribution in [0.4, 0.5) is 0 Å². The Hall–Kier alpha value is -3.03. The Morgan fingerprint density at radius 3 is 2.93 bits per heavy atom. The van der Waals surface area contributed by atoms with E-state index in [1.165, 1.54) is 30.5 Å². The van der Waals surface area contributed by atoms with Gasteiger partial charge in [-0.1, -0.05) is 11.6 Å². The number of hydrogen-bond acceptors (Lipinski definition) is 6. The van der Waals surface area contributed by atoms with Crippen molar-refractivity contribution in [2.24, 2.45) is 0 Å². The van der Waals surface area contributed by atoms with Crippen molar-refractivity contribution in [3.8, 4) is 11.4 Å². The molecule has 28 heavy (non-hydrogen) atoms. The Labute approximate surface area is 163 Å². The molecule has 0 unspecified atom stereocenters. The lowest BCUT2D eigenvalue weighted by atomic mass is 10.1. The van der Waals surface area contributed by atoms with Gasteiger partial charge in [0.05, 0.1) is 12.2 Å². The molecule has 0 spiro atoms. The summed E-state index contributed by atoms with van der Waals surface area (Å²) in [5, 5.41) is 14.5. The van der Waals surface area contributed by atoms with Crippen molar-refractivity contribution in [1.82, 2.24) is 30.6 Å². The third-order valence-electron chi connectivity index (χ3n) is 5.05. The monoisotopic (exact) mass is 380 g/mol. The van der Waals surface area contributed by atoms with Crippen molar-refractivity contribution in [3.63, 3.8) is 0 Å². The second-order valence-corrected chi connectivity index (χ2v) is 7.07. The van der Waals surface area contributed by atoms with Gasteiger partial charge in [-0.15, -0.1) is 0 Å². The van der Waals surface area contributed by atoms with Crippen LogP contribution in [0.2, 0.25) is 0 Å². The number of carbonyl (C=O) groups is 1. The first-order valence-corrected chi connectivity index (χ1v) is 9.84. The van der Waals surface area contributed by atoms with Gasteiger partial charge in [0.2, 0.25) is 17.6 Å². The number of carbonyl (C=O) groups excluding carboxylic acids is 1. The van der Waals surface area contributed by atoms with Crippen molar-refractivity contribution in [1.29, 1.82) is 0 Å². The molecule has 0 radical (unpaired) electrons. The molecule has 2 N–H and O–H groups in total. The van der Waals surface area contributed by atoms with Crippen LogP contribution in [0.25, 0.3) is 11.4 Å². The molecule has 1 aliphatic carbocycles. The molecule has 0 bridgehead atoms. The maximum absolute atomic E-state index is 12.2. The molecule has 0 aliphatic heterocycles. The zero-order chi connectivity index (χ0) is 19.2. The summed E-state index contributed by atoms with van der Waals surface area (Å²) in [6.45, 7) is 0.484. The molecule has 0 saturated heterocycles. The summed E-state index contributed by atoms with van der Waals surface area (Å²) >= 11 is 0. The highest BCUT2D eigenvalue weighted by molar-refractivity contribution is 5.75. The van der Waals surface area contributed by atoms with Crippen LogP contribution in [0.15, 0.2) is 29.0 Å². The third-order valence-corrected chi connectivity index (χ3v) is 5.05. The predicted molar refractivity (Wildman–Crippen MR) is 102 cm³/mol. The van der Waals surface area contributed by atoms with Crippen LogP contribution in [-0.4, -0.2) is 31.2 Å². The van der Waals surface area contributed by atoms with Gasteiger partial charge >= 0.3 is 0 Å². The number of aryl methyl sites for hydroxylation is 2. The number of aromatic amines is 1. The maximum Gasteiger partial charge on any atom is 0.226 e. The van der Waals surface area contributed by atoms with E-state index in [-0.39, 0.29) is 5.91 Å². The maximum atomic E-state index is 12.2. The summed E-state index contributed by atoms with van der Waals surface area (Å²) in [6, 6.07) is 3.66. The van der Waals surface area contributed by atoms with E-state index in [1.807, 2.05) is 12.1 Å². The Morgan fingerprint density at radius 1 is 1.18 bits per heavy atom. The average molecular weight is 380 g/mol. The highest BCUT2D eigenvalue weighted by atomic mass is 16.5. The molecule has 3 heterocycles. The number of nitrogens with zero attached hydrogens (tertiary/aromatic N) is 4. The number of rotatable bonds is 7. The molecular weight excluding hydrogens is 356 g/mol. The van der Waals surface area contributed by atoms with Crippen molar-refractivity contribution >= 4 is 5.91 Å². The highest BCUT2D eigenvalue weighted by Gasteiger charge is 2.16. The van der Waals surface area contributed by atoms with Crippen LogP contribution in [0, 0.1) is 0 Å². The minimum atomic E-state index is 0.0132. The van der Waals surface area contributed by atoms with E-state index in [1.54, 1.807) is 12.4 Å². The second kappa shape index (κ2) is 8.77. The van der Waals surface area contributed by atoms with Gasteiger partial charge in [-0.2, -0.15) is 10.1 Å². The lowest BCUT2D eigenvalue weighted by Crippen LogP contribution is -2.23. The molecule has 1 aliphatic rings. The van der Waals surface area contributed by atoms with Crippen LogP contribution in [0.5, 0.6) is 0 Å². The molecule has 3 aromatic heterocycles. The van der Waals surface area contributed by atoms with Crippen molar-refractivity contribution in [2.75, 3.05) is 0 Å². The molecule has 3 aromatic rings. The van der Waals surface area contributed by atoms with Gasteiger partial charge in [-0.3, -0.25) is 14.9 Å². The number of aromatic nitrogens is 5. The number of nitrogens with one attached hydrogen (secondary N) is 2. The van der Waals surface area contributed by atoms with Gasteiger partial charge in [0.15, 0.2) is 0 Å². The van der Waals surface area contributed by atoms with E-state index in [4.69, 9.17) is 4.52 Å². The molecule has 0 atom stereocenters. The van der Waals surface area contributed by atoms with E-state index in [9.17, 15) is 4.79 Å². The van der Waals surface area contributed by atoms with Crippen molar-refractivity contribution < 1.29 is 9.32 Å². The van der Waals surface area contributed by atoms with Crippen LogP contribution < -0.4 is 5.32 Å². The molecule has 146 valence electrons. The molecule has 1 amide bonds. The Morgan fingerprint density at radius 2 is 2.04 bits per heavy atom. The van der Waals surface area contributed by atoms with E-state index >= 15 is 0 Å². The fourth-order valence-electron chi connectivity index (χ4n) is 3.52. The Balaban J connectivity index is 1.22. The first-order valence-electron chi connectivity index (χ1n) is 9.84. The lowest BCUT2D eigenvalue weighted by Gasteiger charge is -2.05. The Bertz CT molecular complexity index is 918. The van der Waals surface area contributed by atoms with Gasteiger partial charge in [0.25, 0.3) is 0 Å². The normalized spacial score (nSPS) is 13.7. The lowest BCUT2D eigenvalue weighted by molar-refractivity contribution is -0.121. The van der Waals surface area contributed by atoms with Crippen molar-refractivity contribution in [2.45, 2.75) is 57.9 Å². The minimum absolute atomic E-state index is 0.0132. The fraction of sp³-hybridized carbons (Fsp3) is 0.450. The summed E-state index contributed by atoms with van der Waals surface area (Å²) < 4.78 is 5.27. The Kier molecular flexibility index (Phi) is 5.75. The average Bonchev–Trinajstić information content (AvgIpc) is 3.28. The molecule has 0 fully saturated rings. The standard InChI is InChI=1S/C20H24N6O2/c27-18(22-13-17-15-5-2-1-3-6-16(15)24-25-17)7-4-8-19-23-20(26-28-19)14-9-11-21-12-10-14/h9-12H,1-8,13H2,(H,22,27)(H,24,25). The van der Waals surface area contributed by atoms with E-state index in [0.29, 0.717) is 37.5 Å². The molecule has 0 aromatic carbocycles. The van der Waals surface area contributed by atoms with E-state index in [0.717, 1.165) is 24.1 Å². The SMILES string of the molecule is O=C(CCCc1nc(-c2ccncc2)no1)NCc1n[nH]c2c1CCCCC2. The van der Waals surface area contributed by atoms with Gasteiger partial charge in [-0.05, 0) is 49.8 Å². The molecular formula is C20H24N6O2. The van der Waals surface area contributed by atoms with Gasteiger partial charge in [0.1, 0.15) is 0 Å². The zero-order valence-electron chi connectivity index (χ0n) is 15.8. The zero-order valence-corrected chi connectivity index (χ0v) is 15.8. The summed E-state index contributed by atoms with van der Waals surface area (Å²) in [5.74, 6) is 1.09. The topological polar surface area (TPSA) is 110 Å². The molecule has 0 saturated carbocycles. The number of H-pyrrole nitrogens is 1. The first kappa shape index (κ1) is 18.3. The smallest absolute Gasteiger partial charge is 0.226 e. The van der Waals surface area contributed by atoms with Gasteiger partial charge in [-0.25, -0.2) is 0 Å². The number of fused-ring (bicyclic) bond motifs is 1. The predicted octanol–water partition coefficient (Wildman–Crippen LogP) is 2.76. The van der Waals surface area contributed by atoms with E-state index in [2.05, 4.69) is 30.6 Å². The van der Waals surface area contributed by atoms with E-state index < -0.39 is 0 Å². The van der Waals surface area contributed by atoms with Gasteiger partial charge < -0.3 is 9.84 Å². The second-order valence-electron chi connectivity index (χ2n) is 7.07. The fourth-order valence-corrected chi connectivity index (χ4v) is 3.52. The summed E-state index contributed by atoms with van der Waals surface area (Å²) in [4.78, 5) is 20.5. The summed E-state index contributed by atoms with van der Waals surface area (Å²) in [7, 11) is 0.